The Morgan fingerprint density at radius 1 is 1.33 bits per heavy atom. The second-order valence-electron chi connectivity index (χ2n) is 6.72. The molecule has 0 aromatic heterocycles. The quantitative estimate of drug-likeness (QED) is 0.557. The lowest BCUT2D eigenvalue weighted by atomic mass is 9.99. The summed E-state index contributed by atoms with van der Waals surface area (Å²) in [5, 5.41) is 14.7. The molecule has 3 atom stereocenters. The molecule has 1 heterocycles. The topological polar surface area (TPSA) is 108 Å². The van der Waals surface area contributed by atoms with E-state index in [0.29, 0.717) is 5.75 Å². The van der Waals surface area contributed by atoms with Crippen molar-refractivity contribution >= 4 is 17.8 Å². The summed E-state index contributed by atoms with van der Waals surface area (Å²) >= 11 is 0. The molecule has 0 spiro atoms. The second-order valence-corrected chi connectivity index (χ2v) is 6.72. The standard InChI is InChI=1S/C19H27N3O5/c1-4-12(2)16(11-23)20-17(24)9-15-18(25)22(19(26)21-15)10-13-5-7-14(27-3)8-6-13/h5-8,12,15-16,23H,4,9-11H2,1-3H3,(H,20,24)(H,21,26)/t12-,15+,16+/m0/s1. The predicted molar refractivity (Wildman–Crippen MR) is 99.0 cm³/mol. The van der Waals surface area contributed by atoms with Crippen LogP contribution in [0.4, 0.5) is 4.79 Å². The Balaban J connectivity index is 1.95. The number of imide groups is 1. The van der Waals surface area contributed by atoms with Crippen molar-refractivity contribution in [2.75, 3.05) is 13.7 Å². The zero-order valence-corrected chi connectivity index (χ0v) is 15.9. The van der Waals surface area contributed by atoms with Crippen molar-refractivity contribution < 1.29 is 24.2 Å². The number of hydrogen-bond acceptors (Lipinski definition) is 5. The highest BCUT2D eigenvalue weighted by Crippen LogP contribution is 2.17. The number of rotatable bonds is 9. The van der Waals surface area contributed by atoms with Gasteiger partial charge in [0.25, 0.3) is 5.91 Å². The summed E-state index contributed by atoms with van der Waals surface area (Å²) in [5.74, 6) is -0.0148. The summed E-state index contributed by atoms with van der Waals surface area (Å²) in [7, 11) is 1.56. The van der Waals surface area contributed by atoms with E-state index in [0.717, 1.165) is 16.9 Å². The molecule has 0 aliphatic carbocycles. The number of ether oxygens (including phenoxy) is 1. The zero-order valence-electron chi connectivity index (χ0n) is 15.9. The van der Waals surface area contributed by atoms with Gasteiger partial charge in [0.1, 0.15) is 11.8 Å². The first-order valence-corrected chi connectivity index (χ1v) is 9.04. The fourth-order valence-electron chi connectivity index (χ4n) is 2.88. The SMILES string of the molecule is CC[C@H](C)[C@@H](CO)NC(=O)C[C@H]1NC(=O)N(Cc2ccc(OC)cc2)C1=O. The molecule has 4 amide bonds. The molecule has 3 N–H and O–H groups in total. The van der Waals surface area contributed by atoms with Crippen molar-refractivity contribution in [3.05, 3.63) is 29.8 Å². The molecule has 1 aliphatic rings. The highest BCUT2D eigenvalue weighted by atomic mass is 16.5. The molecule has 8 nitrogen and oxygen atoms in total. The van der Waals surface area contributed by atoms with Crippen molar-refractivity contribution in [1.82, 2.24) is 15.5 Å². The lowest BCUT2D eigenvalue weighted by molar-refractivity contribution is -0.131. The number of aliphatic hydroxyl groups excluding tert-OH is 1. The highest BCUT2D eigenvalue weighted by molar-refractivity contribution is 6.05. The molecule has 1 saturated heterocycles. The normalized spacial score (nSPS) is 18.8. The van der Waals surface area contributed by atoms with Gasteiger partial charge in [-0.05, 0) is 23.6 Å². The molecule has 0 bridgehead atoms. The molecular weight excluding hydrogens is 350 g/mol. The van der Waals surface area contributed by atoms with Crippen LogP contribution in [0.5, 0.6) is 5.75 Å². The third kappa shape index (κ3) is 5.19. The fourth-order valence-corrected chi connectivity index (χ4v) is 2.88. The molecule has 1 aliphatic heterocycles. The van der Waals surface area contributed by atoms with Crippen LogP contribution in [0.15, 0.2) is 24.3 Å². The molecule has 1 aromatic rings. The van der Waals surface area contributed by atoms with Gasteiger partial charge in [0.15, 0.2) is 0 Å². The van der Waals surface area contributed by atoms with E-state index in [2.05, 4.69) is 10.6 Å². The molecule has 2 rings (SSSR count). The number of carbonyl (C=O) groups is 3. The maximum absolute atomic E-state index is 12.5. The Morgan fingerprint density at radius 3 is 2.56 bits per heavy atom. The van der Waals surface area contributed by atoms with E-state index < -0.39 is 18.0 Å². The molecule has 1 fully saturated rings. The molecule has 27 heavy (non-hydrogen) atoms. The number of benzene rings is 1. The largest absolute Gasteiger partial charge is 0.497 e. The average molecular weight is 377 g/mol. The number of nitrogens with one attached hydrogen (secondary N) is 2. The Bertz CT molecular complexity index is 676. The maximum Gasteiger partial charge on any atom is 0.325 e. The van der Waals surface area contributed by atoms with Gasteiger partial charge >= 0.3 is 6.03 Å². The highest BCUT2D eigenvalue weighted by Gasteiger charge is 2.39. The van der Waals surface area contributed by atoms with Crippen molar-refractivity contribution in [3.8, 4) is 5.75 Å². The predicted octanol–water partition coefficient (Wildman–Crippen LogP) is 1.03. The van der Waals surface area contributed by atoms with Gasteiger partial charge in [-0.2, -0.15) is 0 Å². The molecule has 0 unspecified atom stereocenters. The Labute approximate surface area is 158 Å². The van der Waals surface area contributed by atoms with Crippen molar-refractivity contribution in [1.29, 1.82) is 0 Å². The van der Waals surface area contributed by atoms with E-state index >= 15 is 0 Å². The van der Waals surface area contributed by atoms with Crippen LogP contribution in [0.3, 0.4) is 0 Å². The lowest BCUT2D eigenvalue weighted by Gasteiger charge is -2.22. The van der Waals surface area contributed by atoms with Crippen LogP contribution in [0.2, 0.25) is 0 Å². The van der Waals surface area contributed by atoms with E-state index in [1.807, 2.05) is 13.8 Å². The first-order valence-electron chi connectivity index (χ1n) is 9.04. The number of urea groups is 1. The summed E-state index contributed by atoms with van der Waals surface area (Å²) < 4.78 is 5.09. The summed E-state index contributed by atoms with van der Waals surface area (Å²) in [6.45, 7) is 3.85. The molecule has 1 aromatic carbocycles. The van der Waals surface area contributed by atoms with Gasteiger partial charge in [0.05, 0.1) is 32.7 Å². The lowest BCUT2D eigenvalue weighted by Crippen LogP contribution is -2.44. The molecule has 148 valence electrons. The third-order valence-corrected chi connectivity index (χ3v) is 4.87. The van der Waals surface area contributed by atoms with E-state index in [-0.39, 0.29) is 37.4 Å². The van der Waals surface area contributed by atoms with Crippen molar-refractivity contribution in [3.63, 3.8) is 0 Å². The van der Waals surface area contributed by atoms with E-state index in [1.165, 1.54) is 0 Å². The van der Waals surface area contributed by atoms with Crippen molar-refractivity contribution in [2.45, 2.75) is 45.3 Å². The van der Waals surface area contributed by atoms with Crippen LogP contribution in [0, 0.1) is 5.92 Å². The zero-order chi connectivity index (χ0) is 20.0. The van der Waals surface area contributed by atoms with Crippen molar-refractivity contribution in [2.24, 2.45) is 5.92 Å². The van der Waals surface area contributed by atoms with Crippen LogP contribution in [0.1, 0.15) is 32.3 Å². The van der Waals surface area contributed by atoms with E-state index in [1.54, 1.807) is 31.4 Å². The fraction of sp³-hybridized carbons (Fsp3) is 0.526. The Hall–Kier alpha value is -2.61. The minimum Gasteiger partial charge on any atom is -0.497 e. The minimum absolute atomic E-state index is 0.111. The van der Waals surface area contributed by atoms with E-state index in [9.17, 15) is 19.5 Å². The molecular formula is C19H27N3O5. The van der Waals surface area contributed by atoms with Gasteiger partial charge in [0.2, 0.25) is 5.91 Å². The Kier molecular flexibility index (Phi) is 7.18. The number of nitrogens with zero attached hydrogens (tertiary/aromatic N) is 1. The summed E-state index contributed by atoms with van der Waals surface area (Å²) in [6.07, 6.45) is 0.650. The number of carbonyl (C=O) groups excluding carboxylic acids is 3. The van der Waals surface area contributed by atoms with Crippen LogP contribution in [0.25, 0.3) is 0 Å². The molecule has 0 saturated carbocycles. The van der Waals surface area contributed by atoms with Gasteiger partial charge < -0.3 is 20.5 Å². The summed E-state index contributed by atoms with van der Waals surface area (Å²) in [6, 6.07) is 5.27. The monoisotopic (exact) mass is 377 g/mol. The number of hydrogen-bond donors (Lipinski definition) is 3. The van der Waals surface area contributed by atoms with Crippen LogP contribution in [-0.4, -0.2) is 53.7 Å². The molecule has 8 heteroatoms. The average Bonchev–Trinajstić information content (AvgIpc) is 2.93. The summed E-state index contributed by atoms with van der Waals surface area (Å²) in [5.41, 5.74) is 0.779. The smallest absolute Gasteiger partial charge is 0.325 e. The summed E-state index contributed by atoms with van der Waals surface area (Å²) in [4.78, 5) is 38.0. The van der Waals surface area contributed by atoms with Gasteiger partial charge in [-0.3, -0.25) is 14.5 Å². The van der Waals surface area contributed by atoms with E-state index in [4.69, 9.17) is 4.74 Å². The Morgan fingerprint density at radius 2 is 2.00 bits per heavy atom. The van der Waals surface area contributed by atoms with Gasteiger partial charge in [-0.25, -0.2) is 4.79 Å². The van der Waals surface area contributed by atoms with Gasteiger partial charge in [-0.1, -0.05) is 32.4 Å². The van der Waals surface area contributed by atoms with Crippen LogP contribution < -0.4 is 15.4 Å². The first kappa shape index (κ1) is 20.7. The van der Waals surface area contributed by atoms with Gasteiger partial charge in [0, 0.05) is 0 Å². The first-order chi connectivity index (χ1) is 12.9. The van der Waals surface area contributed by atoms with Crippen LogP contribution in [-0.2, 0) is 16.1 Å². The van der Waals surface area contributed by atoms with Crippen LogP contribution >= 0.6 is 0 Å². The maximum atomic E-state index is 12.5. The third-order valence-electron chi connectivity index (χ3n) is 4.87. The number of aliphatic hydroxyl groups is 1. The number of amides is 4. The minimum atomic E-state index is -0.896. The molecule has 0 radical (unpaired) electrons. The van der Waals surface area contributed by atoms with Gasteiger partial charge in [-0.15, -0.1) is 0 Å². The number of methoxy groups -OCH3 is 1. The second kappa shape index (κ2) is 9.36.